The maximum absolute atomic E-state index is 14.0. The maximum atomic E-state index is 14.0. The van der Waals surface area contributed by atoms with Gasteiger partial charge in [0.2, 0.25) is 6.41 Å². The molecule has 10 nitrogen and oxygen atoms in total. The maximum Gasteiger partial charge on any atom is 0.326 e. The number of nitrogens with zero attached hydrogens (tertiary/aromatic N) is 3. The summed E-state index contributed by atoms with van der Waals surface area (Å²) in [5.41, 5.74) is 0.542. The molecule has 3 aromatic rings. The molecule has 2 heterocycles. The van der Waals surface area contributed by atoms with Crippen LogP contribution in [0.3, 0.4) is 0 Å². The SMILES string of the molecule is O=CNC(=O)NC(=S)Cc1cnn2c(NC3CC3)cc(NC(=O)c3ccc(F)cc3F)nc12. The number of urea groups is 1. The molecule has 0 spiro atoms. The Morgan fingerprint density at radius 2 is 2.03 bits per heavy atom. The van der Waals surface area contributed by atoms with Crippen LogP contribution in [0, 0.1) is 11.6 Å². The Labute approximate surface area is 190 Å². The summed E-state index contributed by atoms with van der Waals surface area (Å²) in [6, 6.07) is 3.67. The van der Waals surface area contributed by atoms with E-state index < -0.39 is 23.6 Å². The molecule has 1 aromatic carbocycles. The van der Waals surface area contributed by atoms with Crippen LogP contribution in [0.2, 0.25) is 0 Å². The highest BCUT2D eigenvalue weighted by Gasteiger charge is 2.24. The number of benzene rings is 1. The Morgan fingerprint density at radius 3 is 2.73 bits per heavy atom. The van der Waals surface area contributed by atoms with Crippen LogP contribution in [0.1, 0.15) is 28.8 Å². The number of hydrogen-bond donors (Lipinski definition) is 4. The van der Waals surface area contributed by atoms with Crippen LogP contribution in [0.4, 0.5) is 25.2 Å². The number of hydrogen-bond acceptors (Lipinski definition) is 7. The molecule has 170 valence electrons. The topological polar surface area (TPSA) is 130 Å². The van der Waals surface area contributed by atoms with Gasteiger partial charge in [-0.2, -0.15) is 9.61 Å². The molecule has 0 unspecified atom stereocenters. The highest BCUT2D eigenvalue weighted by molar-refractivity contribution is 7.80. The molecular formula is C20H17F2N7O3S. The lowest BCUT2D eigenvalue weighted by Crippen LogP contribution is -2.38. The van der Waals surface area contributed by atoms with E-state index in [4.69, 9.17) is 12.2 Å². The van der Waals surface area contributed by atoms with Gasteiger partial charge in [-0.1, -0.05) is 12.2 Å². The third-order valence-electron chi connectivity index (χ3n) is 4.69. The first-order valence-corrected chi connectivity index (χ1v) is 10.2. The smallest absolute Gasteiger partial charge is 0.326 e. The van der Waals surface area contributed by atoms with Crippen LogP contribution in [0.25, 0.3) is 5.65 Å². The van der Waals surface area contributed by atoms with Crippen molar-refractivity contribution in [1.82, 2.24) is 25.2 Å². The fourth-order valence-corrected chi connectivity index (χ4v) is 3.28. The van der Waals surface area contributed by atoms with Gasteiger partial charge in [-0.3, -0.25) is 14.9 Å². The van der Waals surface area contributed by atoms with Crippen molar-refractivity contribution in [3.63, 3.8) is 0 Å². The molecule has 33 heavy (non-hydrogen) atoms. The van der Waals surface area contributed by atoms with E-state index >= 15 is 0 Å². The number of anilines is 2. The second-order valence-electron chi connectivity index (χ2n) is 7.25. The summed E-state index contributed by atoms with van der Waals surface area (Å²) in [6.45, 7) is 0. The van der Waals surface area contributed by atoms with Crippen LogP contribution in [-0.4, -0.2) is 44.0 Å². The number of halogens is 2. The lowest BCUT2D eigenvalue weighted by molar-refractivity contribution is -0.108. The molecule has 1 aliphatic rings. The molecule has 13 heteroatoms. The molecule has 0 atom stereocenters. The van der Waals surface area contributed by atoms with Gasteiger partial charge < -0.3 is 16.0 Å². The van der Waals surface area contributed by atoms with Crippen molar-refractivity contribution in [2.45, 2.75) is 25.3 Å². The zero-order valence-corrected chi connectivity index (χ0v) is 17.7. The van der Waals surface area contributed by atoms with Gasteiger partial charge in [-0.25, -0.2) is 18.6 Å². The molecule has 0 aliphatic heterocycles. The zero-order chi connectivity index (χ0) is 23.5. The second-order valence-corrected chi connectivity index (χ2v) is 7.74. The van der Waals surface area contributed by atoms with E-state index in [1.807, 2.05) is 5.32 Å². The number of aromatic nitrogens is 3. The summed E-state index contributed by atoms with van der Waals surface area (Å²) in [5.74, 6) is -1.94. The lowest BCUT2D eigenvalue weighted by atomic mass is 10.2. The van der Waals surface area contributed by atoms with Crippen LogP contribution < -0.4 is 21.3 Å². The van der Waals surface area contributed by atoms with E-state index in [0.29, 0.717) is 23.1 Å². The minimum Gasteiger partial charge on any atom is -0.367 e. The summed E-state index contributed by atoms with van der Waals surface area (Å²) in [7, 11) is 0. The number of rotatable bonds is 7. The molecule has 1 aliphatic carbocycles. The minimum absolute atomic E-state index is 0.0744. The molecule has 0 bridgehead atoms. The van der Waals surface area contributed by atoms with Crippen LogP contribution in [-0.2, 0) is 11.2 Å². The summed E-state index contributed by atoms with van der Waals surface area (Å²) in [4.78, 5) is 38.9. The van der Waals surface area contributed by atoms with Gasteiger partial charge in [0.05, 0.1) is 16.7 Å². The van der Waals surface area contributed by atoms with Crippen LogP contribution in [0.15, 0.2) is 30.5 Å². The van der Waals surface area contributed by atoms with Crippen LogP contribution in [0.5, 0.6) is 0 Å². The predicted molar refractivity (Wildman–Crippen MR) is 118 cm³/mol. The number of nitrogens with one attached hydrogen (secondary N) is 4. The zero-order valence-electron chi connectivity index (χ0n) is 16.9. The highest BCUT2D eigenvalue weighted by atomic mass is 32.1. The number of imide groups is 1. The fourth-order valence-electron chi connectivity index (χ4n) is 3.03. The number of carbonyl (C=O) groups is 3. The molecule has 4 N–H and O–H groups in total. The average molecular weight is 473 g/mol. The van der Waals surface area contributed by atoms with Gasteiger partial charge in [-0.05, 0) is 25.0 Å². The number of carbonyl (C=O) groups excluding carboxylic acids is 3. The Morgan fingerprint density at radius 1 is 1.24 bits per heavy atom. The highest BCUT2D eigenvalue weighted by Crippen LogP contribution is 2.27. The molecule has 1 saturated carbocycles. The van der Waals surface area contributed by atoms with Crippen molar-refractivity contribution in [1.29, 1.82) is 0 Å². The van der Waals surface area contributed by atoms with E-state index in [9.17, 15) is 23.2 Å². The quantitative estimate of drug-likeness (QED) is 0.306. The van der Waals surface area contributed by atoms with Gasteiger partial charge in [0.1, 0.15) is 23.3 Å². The number of thiocarbonyl (C=S) groups is 1. The van der Waals surface area contributed by atoms with Gasteiger partial charge in [0.15, 0.2) is 5.65 Å². The van der Waals surface area contributed by atoms with Gasteiger partial charge in [-0.15, -0.1) is 0 Å². The number of amides is 4. The predicted octanol–water partition coefficient (Wildman–Crippen LogP) is 2.16. The second kappa shape index (κ2) is 9.24. The third kappa shape index (κ3) is 5.26. The Balaban J connectivity index is 1.63. The fraction of sp³-hybridized carbons (Fsp3) is 0.200. The first-order chi connectivity index (χ1) is 15.8. The summed E-state index contributed by atoms with van der Waals surface area (Å²) >= 11 is 5.15. The molecule has 1 fully saturated rings. The van der Waals surface area contributed by atoms with Crippen molar-refractivity contribution < 1.29 is 23.2 Å². The number of fused-ring (bicyclic) bond motifs is 1. The summed E-state index contributed by atoms with van der Waals surface area (Å²) in [6.07, 6.45) is 3.76. The first kappa shape index (κ1) is 22.2. The minimum atomic E-state index is -1.00. The van der Waals surface area contributed by atoms with E-state index in [0.717, 1.165) is 25.0 Å². The first-order valence-electron chi connectivity index (χ1n) is 9.78. The van der Waals surface area contributed by atoms with E-state index in [1.54, 1.807) is 6.07 Å². The van der Waals surface area contributed by atoms with E-state index in [1.165, 1.54) is 10.7 Å². The van der Waals surface area contributed by atoms with Gasteiger partial charge in [0.25, 0.3) is 5.91 Å². The molecule has 0 saturated heterocycles. The van der Waals surface area contributed by atoms with E-state index in [2.05, 4.69) is 26.0 Å². The van der Waals surface area contributed by atoms with Crippen molar-refractivity contribution >= 4 is 52.8 Å². The summed E-state index contributed by atoms with van der Waals surface area (Å²) in [5, 5.41) is 14.4. The van der Waals surface area contributed by atoms with Crippen LogP contribution >= 0.6 is 12.2 Å². The van der Waals surface area contributed by atoms with Crippen molar-refractivity contribution in [2.24, 2.45) is 0 Å². The lowest BCUT2D eigenvalue weighted by Gasteiger charge is -2.12. The normalized spacial score (nSPS) is 12.8. The Kier molecular flexibility index (Phi) is 6.22. The summed E-state index contributed by atoms with van der Waals surface area (Å²) < 4.78 is 28.7. The van der Waals surface area contributed by atoms with Gasteiger partial charge in [0, 0.05) is 30.2 Å². The standard InChI is InChI=1S/C20H17F2N7O3S/c21-11-1-4-13(14(22)6-11)19(31)27-15-7-16(25-12-2-3-12)29-18(26-15)10(8-24-29)5-17(33)28-20(32)23-9-30/h1,4,6-9,12,25H,2-3,5H2,(H,26,27,31)(H2,23,28,30,32,33). The molecule has 4 amide bonds. The molecular weight excluding hydrogens is 456 g/mol. The molecule has 2 aromatic heterocycles. The molecule has 0 radical (unpaired) electrons. The largest absolute Gasteiger partial charge is 0.367 e. The molecule has 4 rings (SSSR count). The Bertz CT molecular complexity index is 1280. The van der Waals surface area contributed by atoms with Crippen molar-refractivity contribution in [3.8, 4) is 0 Å². The third-order valence-corrected chi connectivity index (χ3v) is 4.93. The Hall–Kier alpha value is -4.00. The monoisotopic (exact) mass is 473 g/mol. The van der Waals surface area contributed by atoms with E-state index in [-0.39, 0.29) is 35.2 Å². The van der Waals surface area contributed by atoms with Gasteiger partial charge >= 0.3 is 6.03 Å². The van der Waals surface area contributed by atoms with Crippen molar-refractivity contribution in [3.05, 3.63) is 53.2 Å². The average Bonchev–Trinajstić information content (AvgIpc) is 3.47. The van der Waals surface area contributed by atoms with Crippen molar-refractivity contribution in [2.75, 3.05) is 10.6 Å².